The number of quaternary nitrogens is 1. The lowest BCUT2D eigenvalue weighted by molar-refractivity contribution is -0.917. The fourth-order valence-electron chi connectivity index (χ4n) is 3.85. The molecule has 28 heavy (non-hydrogen) atoms. The molecule has 1 saturated heterocycles. The van der Waals surface area contributed by atoms with Gasteiger partial charge in [0.1, 0.15) is 11.5 Å². The third kappa shape index (κ3) is 4.07. The second-order valence-corrected chi connectivity index (χ2v) is 9.32. The van der Waals surface area contributed by atoms with Gasteiger partial charge in [0, 0.05) is 12.0 Å². The van der Waals surface area contributed by atoms with Crippen LogP contribution in [0.2, 0.25) is 20.1 Å². The molecule has 3 rings (SSSR count). The zero-order chi connectivity index (χ0) is 20.7. The van der Waals surface area contributed by atoms with Gasteiger partial charge in [-0.15, -0.1) is 0 Å². The molecule has 3 nitrogen and oxygen atoms in total. The molecule has 0 aliphatic carbocycles. The molecule has 0 spiro atoms. The average molecular weight is 462 g/mol. The van der Waals surface area contributed by atoms with Crippen LogP contribution in [0.4, 0.5) is 0 Å². The quantitative estimate of drug-likeness (QED) is 0.457. The molecule has 3 atom stereocenters. The van der Waals surface area contributed by atoms with Crippen LogP contribution in [0.1, 0.15) is 29.3 Å². The third-order valence-corrected chi connectivity index (χ3v) is 7.41. The van der Waals surface area contributed by atoms with E-state index in [1.165, 1.54) is 0 Å². The van der Waals surface area contributed by atoms with E-state index in [4.69, 9.17) is 46.4 Å². The van der Waals surface area contributed by atoms with Crippen molar-refractivity contribution < 1.29 is 14.4 Å². The first kappa shape index (κ1) is 21.9. The van der Waals surface area contributed by atoms with Crippen molar-refractivity contribution in [2.75, 3.05) is 26.7 Å². The Labute approximate surface area is 185 Å². The maximum Gasteiger partial charge on any atom is 0.174 e. The molecule has 1 aliphatic rings. The molecule has 1 heterocycles. The van der Waals surface area contributed by atoms with Crippen LogP contribution < -0.4 is 0 Å². The molecule has 2 aromatic carbocycles. The number of likely N-dealkylation sites (tertiary alicyclic amines) is 1. The van der Waals surface area contributed by atoms with Gasteiger partial charge in [0.2, 0.25) is 0 Å². The molecule has 1 aliphatic heterocycles. The highest BCUT2D eigenvalue weighted by molar-refractivity contribution is 6.42. The Bertz CT molecular complexity index is 919. The number of hydrogen-bond acceptors (Lipinski definition) is 2. The number of rotatable bonds is 4. The van der Waals surface area contributed by atoms with E-state index in [2.05, 4.69) is 14.0 Å². The second-order valence-electron chi connectivity index (χ2n) is 7.69. The number of hydrogen-bond donors (Lipinski definition) is 1. The first-order valence-electron chi connectivity index (χ1n) is 9.10. The van der Waals surface area contributed by atoms with Gasteiger partial charge in [0.25, 0.3) is 0 Å². The number of piperidine rings is 1. The number of halogens is 4. The lowest BCUT2D eigenvalue weighted by atomic mass is 9.72. The van der Waals surface area contributed by atoms with Crippen LogP contribution in [0.15, 0.2) is 36.4 Å². The highest BCUT2D eigenvalue weighted by Gasteiger charge is 2.51. The number of nitrogens with zero attached hydrogens (tertiary/aromatic N) is 1. The summed E-state index contributed by atoms with van der Waals surface area (Å²) >= 11 is 24.4. The number of Topliss-reactive ketones (excluding diaryl/α,β-unsaturated/α-hetero) is 1. The molecular weight excluding hydrogens is 440 g/mol. The van der Waals surface area contributed by atoms with Crippen molar-refractivity contribution in [3.05, 3.63) is 67.6 Å². The van der Waals surface area contributed by atoms with Crippen LogP contribution in [0, 0.1) is 5.92 Å². The Hall–Kier alpha value is -0.810. The Morgan fingerprint density at radius 2 is 1.68 bits per heavy atom. The van der Waals surface area contributed by atoms with Crippen LogP contribution in [0.3, 0.4) is 0 Å². The molecule has 0 amide bonds. The van der Waals surface area contributed by atoms with Gasteiger partial charge in [-0.25, -0.2) is 0 Å². The lowest BCUT2D eigenvalue weighted by Crippen LogP contribution is -2.60. The van der Waals surface area contributed by atoms with Crippen molar-refractivity contribution in [3.8, 4) is 0 Å². The number of carbonyl (C=O) groups excluding carboxylic acids is 1. The second kappa shape index (κ2) is 8.14. The van der Waals surface area contributed by atoms with Crippen molar-refractivity contribution >= 4 is 52.2 Å². The Kier molecular flexibility index (Phi) is 6.36. The minimum atomic E-state index is -1.34. The van der Waals surface area contributed by atoms with E-state index < -0.39 is 11.5 Å². The molecule has 0 radical (unpaired) electrons. The average Bonchev–Trinajstić information content (AvgIpc) is 2.67. The van der Waals surface area contributed by atoms with Crippen molar-refractivity contribution in [3.63, 3.8) is 0 Å². The first-order valence-corrected chi connectivity index (χ1v) is 10.6. The molecule has 150 valence electrons. The normalized spacial score (nSPS) is 27.6. The highest BCUT2D eigenvalue weighted by Crippen LogP contribution is 2.43. The van der Waals surface area contributed by atoms with Gasteiger partial charge in [-0.1, -0.05) is 52.5 Å². The van der Waals surface area contributed by atoms with Crippen molar-refractivity contribution in [1.82, 2.24) is 0 Å². The zero-order valence-electron chi connectivity index (χ0n) is 15.7. The van der Waals surface area contributed by atoms with Gasteiger partial charge < -0.3 is 9.59 Å². The van der Waals surface area contributed by atoms with Crippen LogP contribution in [0.5, 0.6) is 0 Å². The first-order chi connectivity index (χ1) is 13.1. The summed E-state index contributed by atoms with van der Waals surface area (Å²) in [5, 5.41) is 13.2. The summed E-state index contributed by atoms with van der Waals surface area (Å²) in [6, 6.07) is 9.86. The van der Waals surface area contributed by atoms with E-state index in [1.807, 2.05) is 0 Å². The van der Waals surface area contributed by atoms with Crippen molar-refractivity contribution in [2.24, 2.45) is 5.92 Å². The molecule has 1 unspecified atom stereocenters. The topological polar surface area (TPSA) is 37.3 Å². The van der Waals surface area contributed by atoms with Gasteiger partial charge >= 0.3 is 0 Å². The summed E-state index contributed by atoms with van der Waals surface area (Å²) < 4.78 is 0.696. The standard InChI is InChI=1S/C21H22Cl4NO2/c1-3-26(2)9-8-21(28,14-5-7-17(23)19(25)11-14)15(12-26)20(27)13-4-6-16(22)18(24)10-13/h4-7,10-11,15,28H,3,8-9,12H2,1-2H3/q+1/t15-,21+,26?/m0/s1. The summed E-state index contributed by atoms with van der Waals surface area (Å²) in [5.74, 6) is -0.815. The fourth-order valence-corrected chi connectivity index (χ4v) is 4.44. The van der Waals surface area contributed by atoms with Gasteiger partial charge in [-0.05, 0) is 42.8 Å². The summed E-state index contributed by atoms with van der Waals surface area (Å²) in [6.45, 7) is 4.21. The van der Waals surface area contributed by atoms with Crippen molar-refractivity contribution in [1.29, 1.82) is 0 Å². The predicted molar refractivity (Wildman–Crippen MR) is 116 cm³/mol. The molecule has 7 heteroatoms. The third-order valence-electron chi connectivity index (χ3n) is 5.94. The molecule has 1 fully saturated rings. The van der Waals surface area contributed by atoms with Crippen LogP contribution in [0.25, 0.3) is 0 Å². The molecule has 2 aromatic rings. The molecule has 0 saturated carbocycles. The minimum absolute atomic E-state index is 0.162. The summed E-state index contributed by atoms with van der Waals surface area (Å²) in [7, 11) is 2.10. The number of benzene rings is 2. The van der Waals surface area contributed by atoms with Crippen LogP contribution >= 0.6 is 46.4 Å². The molecule has 0 bridgehead atoms. The lowest BCUT2D eigenvalue weighted by Gasteiger charge is -2.48. The van der Waals surface area contributed by atoms with Gasteiger partial charge in [-0.3, -0.25) is 4.79 Å². The van der Waals surface area contributed by atoms with Crippen LogP contribution in [-0.2, 0) is 5.60 Å². The molecular formula is C21H22Cl4NO2+. The van der Waals surface area contributed by atoms with Crippen LogP contribution in [-0.4, -0.2) is 42.1 Å². The summed E-state index contributed by atoms with van der Waals surface area (Å²) in [5.41, 5.74) is -0.310. The Morgan fingerprint density at radius 1 is 1.07 bits per heavy atom. The van der Waals surface area contributed by atoms with E-state index in [0.29, 0.717) is 48.7 Å². The number of ketones is 1. The summed E-state index contributed by atoms with van der Waals surface area (Å²) in [4.78, 5) is 13.5. The predicted octanol–water partition coefficient (Wildman–Crippen LogP) is 5.86. The molecule has 1 N–H and O–H groups in total. The van der Waals surface area contributed by atoms with Gasteiger partial charge in [0.15, 0.2) is 5.78 Å². The number of carbonyl (C=O) groups is 1. The SMILES string of the molecule is CC[N+]1(C)CC[C@@](O)(c2ccc(Cl)c(Cl)c2)[C@H](C(=O)c2ccc(Cl)c(Cl)c2)C1. The van der Waals surface area contributed by atoms with E-state index >= 15 is 0 Å². The summed E-state index contributed by atoms with van der Waals surface area (Å²) in [6.07, 6.45) is 0.438. The maximum absolute atomic E-state index is 13.5. The number of aliphatic hydroxyl groups is 1. The Morgan fingerprint density at radius 3 is 2.25 bits per heavy atom. The monoisotopic (exact) mass is 460 g/mol. The zero-order valence-corrected chi connectivity index (χ0v) is 18.7. The van der Waals surface area contributed by atoms with E-state index in [-0.39, 0.29) is 5.78 Å². The highest BCUT2D eigenvalue weighted by atomic mass is 35.5. The van der Waals surface area contributed by atoms with Gasteiger partial charge in [-0.2, -0.15) is 0 Å². The minimum Gasteiger partial charge on any atom is -0.384 e. The largest absolute Gasteiger partial charge is 0.384 e. The Balaban J connectivity index is 2.08. The van der Waals surface area contributed by atoms with Crippen molar-refractivity contribution in [2.45, 2.75) is 18.9 Å². The van der Waals surface area contributed by atoms with E-state index in [1.54, 1.807) is 36.4 Å². The smallest absolute Gasteiger partial charge is 0.174 e. The molecule has 0 aromatic heterocycles. The van der Waals surface area contributed by atoms with Gasteiger partial charge in [0.05, 0.1) is 46.8 Å². The maximum atomic E-state index is 13.5. The van der Waals surface area contributed by atoms with E-state index in [9.17, 15) is 9.90 Å². The van der Waals surface area contributed by atoms with E-state index in [0.717, 1.165) is 13.1 Å². The fraction of sp³-hybridized carbons (Fsp3) is 0.381.